The minimum absolute atomic E-state index is 0.841. The number of aryl methyl sites for hydroxylation is 8. The summed E-state index contributed by atoms with van der Waals surface area (Å²) in [6, 6.07) is 9.47. The maximum atomic E-state index is 4.92. The lowest BCUT2D eigenvalue weighted by Gasteiger charge is -2.28. The number of hydrogen-bond acceptors (Lipinski definition) is 6. The first kappa shape index (κ1) is 28.0. The lowest BCUT2D eigenvalue weighted by atomic mass is 10.1. The molecule has 6 nitrogen and oxygen atoms in total. The standard InChI is InChI=1S/C38H44N6/c1-5-27-15-35(39-19-31(27)9-1)23-43(24-36-16-28-6-2-10-32(28)20-40-36)13-14-44(25-37-17-29-7-3-11-33(29)21-41-37)26-38-18-30-8-4-12-34(30)22-42-38/h15-22H,1-14,23-26H2. The highest BCUT2D eigenvalue weighted by atomic mass is 15.2. The van der Waals surface area contributed by atoms with Crippen LogP contribution in [-0.2, 0) is 77.5 Å². The van der Waals surface area contributed by atoms with Gasteiger partial charge in [0.15, 0.2) is 0 Å². The predicted octanol–water partition coefficient (Wildman–Crippen LogP) is 5.93. The molecule has 0 aliphatic heterocycles. The summed E-state index contributed by atoms with van der Waals surface area (Å²) in [5, 5.41) is 0. The first-order chi connectivity index (χ1) is 21.7. The van der Waals surface area contributed by atoms with E-state index in [4.69, 9.17) is 19.9 Å². The third kappa shape index (κ3) is 6.20. The van der Waals surface area contributed by atoms with E-state index in [1.165, 1.54) is 144 Å². The van der Waals surface area contributed by atoms with E-state index in [-0.39, 0.29) is 0 Å². The number of rotatable bonds is 11. The second-order valence-corrected chi connectivity index (χ2v) is 13.6. The van der Waals surface area contributed by atoms with Crippen molar-refractivity contribution >= 4 is 0 Å². The Hall–Kier alpha value is -3.48. The minimum Gasteiger partial charge on any atom is -0.290 e. The molecule has 6 heteroatoms. The molecule has 0 unspecified atom stereocenters. The van der Waals surface area contributed by atoms with Crippen molar-refractivity contribution in [3.05, 3.63) is 116 Å². The Morgan fingerprint density at radius 2 is 0.614 bits per heavy atom. The molecule has 0 radical (unpaired) electrons. The summed E-state index contributed by atoms with van der Waals surface area (Å²) >= 11 is 0. The molecule has 0 saturated carbocycles. The van der Waals surface area contributed by atoms with Gasteiger partial charge in [-0.25, -0.2) is 0 Å². The zero-order valence-electron chi connectivity index (χ0n) is 26.0. The highest BCUT2D eigenvalue weighted by Crippen LogP contribution is 2.26. The summed E-state index contributed by atoms with van der Waals surface area (Å²) in [5.41, 5.74) is 16.5. The molecule has 0 aromatic carbocycles. The van der Waals surface area contributed by atoms with Crippen LogP contribution in [0, 0.1) is 0 Å². The Morgan fingerprint density at radius 1 is 0.364 bits per heavy atom. The van der Waals surface area contributed by atoms with Gasteiger partial charge >= 0.3 is 0 Å². The molecule has 8 rings (SSSR count). The van der Waals surface area contributed by atoms with E-state index in [2.05, 4.69) is 58.9 Å². The summed E-state index contributed by atoms with van der Waals surface area (Å²) in [6.45, 7) is 5.24. The van der Waals surface area contributed by atoms with Crippen molar-refractivity contribution in [1.82, 2.24) is 29.7 Å². The molecule has 44 heavy (non-hydrogen) atoms. The van der Waals surface area contributed by atoms with Gasteiger partial charge in [-0.2, -0.15) is 0 Å². The first-order valence-electron chi connectivity index (χ1n) is 17.0. The largest absolute Gasteiger partial charge is 0.290 e. The third-order valence-corrected chi connectivity index (χ3v) is 10.4. The average molecular weight is 585 g/mol. The molecule has 4 aliphatic rings. The quantitative estimate of drug-likeness (QED) is 0.218. The molecular weight excluding hydrogens is 540 g/mol. The predicted molar refractivity (Wildman–Crippen MR) is 173 cm³/mol. The zero-order chi connectivity index (χ0) is 29.3. The Morgan fingerprint density at radius 3 is 0.886 bits per heavy atom. The smallest absolute Gasteiger partial charge is 0.0547 e. The lowest BCUT2D eigenvalue weighted by Crippen LogP contribution is -2.35. The fourth-order valence-corrected chi connectivity index (χ4v) is 7.98. The molecule has 4 aromatic heterocycles. The van der Waals surface area contributed by atoms with Crippen molar-refractivity contribution in [2.75, 3.05) is 13.1 Å². The van der Waals surface area contributed by atoms with E-state index in [1.807, 2.05) is 0 Å². The van der Waals surface area contributed by atoms with Crippen molar-refractivity contribution in [2.24, 2.45) is 0 Å². The van der Waals surface area contributed by atoms with Gasteiger partial charge < -0.3 is 0 Å². The van der Waals surface area contributed by atoms with Gasteiger partial charge in [-0.05, 0) is 146 Å². The van der Waals surface area contributed by atoms with Gasteiger partial charge in [0.1, 0.15) is 0 Å². The molecule has 0 atom stereocenters. The number of pyridine rings is 4. The van der Waals surface area contributed by atoms with E-state index in [0.29, 0.717) is 0 Å². The number of hydrogen-bond donors (Lipinski definition) is 0. The Kier molecular flexibility index (Phi) is 7.96. The Bertz CT molecular complexity index is 1420. The van der Waals surface area contributed by atoms with Crippen molar-refractivity contribution in [1.29, 1.82) is 0 Å². The van der Waals surface area contributed by atoms with Gasteiger partial charge in [-0.3, -0.25) is 29.7 Å². The van der Waals surface area contributed by atoms with Crippen LogP contribution in [0.4, 0.5) is 0 Å². The van der Waals surface area contributed by atoms with Gasteiger partial charge in [0.25, 0.3) is 0 Å². The summed E-state index contributed by atoms with van der Waals surface area (Å²) in [7, 11) is 0. The summed E-state index contributed by atoms with van der Waals surface area (Å²) in [4.78, 5) is 24.8. The molecule has 0 spiro atoms. The van der Waals surface area contributed by atoms with Crippen LogP contribution in [-0.4, -0.2) is 42.8 Å². The molecule has 0 fully saturated rings. The molecule has 4 aliphatic carbocycles. The van der Waals surface area contributed by atoms with E-state index in [1.54, 1.807) is 0 Å². The fraction of sp³-hybridized carbons (Fsp3) is 0.474. The molecule has 226 valence electrons. The topological polar surface area (TPSA) is 58.0 Å². The Balaban J connectivity index is 1.04. The molecule has 0 amide bonds. The van der Waals surface area contributed by atoms with Crippen molar-refractivity contribution in [3.63, 3.8) is 0 Å². The van der Waals surface area contributed by atoms with Gasteiger partial charge in [0, 0.05) is 64.1 Å². The molecule has 0 saturated heterocycles. The molecule has 4 aromatic rings. The maximum Gasteiger partial charge on any atom is 0.0547 e. The monoisotopic (exact) mass is 584 g/mol. The first-order valence-corrected chi connectivity index (χ1v) is 17.0. The summed E-state index contributed by atoms with van der Waals surface area (Å²) < 4.78 is 0. The zero-order valence-corrected chi connectivity index (χ0v) is 26.0. The molecular formula is C38H44N6. The van der Waals surface area contributed by atoms with Crippen LogP contribution in [0.5, 0.6) is 0 Å². The van der Waals surface area contributed by atoms with E-state index in [0.717, 1.165) is 39.3 Å². The van der Waals surface area contributed by atoms with Crippen molar-refractivity contribution in [3.8, 4) is 0 Å². The van der Waals surface area contributed by atoms with Gasteiger partial charge in [-0.1, -0.05) is 0 Å². The highest BCUT2D eigenvalue weighted by Gasteiger charge is 2.20. The average Bonchev–Trinajstić information content (AvgIpc) is 3.86. The number of nitrogens with zero attached hydrogens (tertiary/aromatic N) is 6. The minimum atomic E-state index is 0.841. The lowest BCUT2D eigenvalue weighted by molar-refractivity contribution is 0.178. The summed E-state index contributed by atoms with van der Waals surface area (Å²) in [5.74, 6) is 0. The fourth-order valence-electron chi connectivity index (χ4n) is 7.98. The van der Waals surface area contributed by atoms with E-state index < -0.39 is 0 Å². The van der Waals surface area contributed by atoms with E-state index >= 15 is 0 Å². The second kappa shape index (κ2) is 12.5. The van der Waals surface area contributed by atoms with Gasteiger partial charge in [0.05, 0.1) is 22.8 Å². The van der Waals surface area contributed by atoms with Crippen LogP contribution >= 0.6 is 0 Å². The Labute approximate surface area is 262 Å². The van der Waals surface area contributed by atoms with Crippen LogP contribution in [0.25, 0.3) is 0 Å². The van der Waals surface area contributed by atoms with Crippen LogP contribution in [0.1, 0.15) is 93.0 Å². The van der Waals surface area contributed by atoms with Crippen molar-refractivity contribution in [2.45, 2.75) is 103 Å². The number of aromatic nitrogens is 4. The molecule has 0 N–H and O–H groups in total. The SMILES string of the molecule is c1nc(CN(CCN(Cc2cc3c(cn2)CCC3)Cc2cc3c(cn2)CCC3)Cc2cc3c(cn2)CCC3)cc2c1CCC2. The van der Waals surface area contributed by atoms with Gasteiger partial charge in [-0.15, -0.1) is 0 Å². The molecule has 0 bridgehead atoms. The normalized spacial score (nSPS) is 16.5. The van der Waals surface area contributed by atoms with E-state index in [9.17, 15) is 0 Å². The second-order valence-electron chi connectivity index (χ2n) is 13.6. The molecule has 4 heterocycles. The highest BCUT2D eigenvalue weighted by molar-refractivity contribution is 5.33. The maximum absolute atomic E-state index is 4.92. The number of fused-ring (bicyclic) bond motifs is 4. The van der Waals surface area contributed by atoms with Crippen molar-refractivity contribution < 1.29 is 0 Å². The van der Waals surface area contributed by atoms with Crippen LogP contribution in [0.15, 0.2) is 49.1 Å². The van der Waals surface area contributed by atoms with Crippen LogP contribution < -0.4 is 0 Å². The third-order valence-electron chi connectivity index (χ3n) is 10.4. The van der Waals surface area contributed by atoms with Crippen LogP contribution in [0.3, 0.4) is 0 Å². The summed E-state index contributed by atoms with van der Waals surface area (Å²) in [6.07, 6.45) is 23.0. The van der Waals surface area contributed by atoms with Crippen LogP contribution in [0.2, 0.25) is 0 Å². The van der Waals surface area contributed by atoms with Gasteiger partial charge in [0.2, 0.25) is 0 Å².